The Balaban J connectivity index is 2.68. The summed E-state index contributed by atoms with van der Waals surface area (Å²) in [6, 6.07) is 2.29. The minimum absolute atomic E-state index is 0.134. The normalized spacial score (nSPS) is 27.8. The second-order valence-corrected chi connectivity index (χ2v) is 5.56. The van der Waals surface area contributed by atoms with E-state index in [4.69, 9.17) is 4.74 Å². The molecule has 1 aliphatic carbocycles. The molecule has 3 nitrogen and oxygen atoms in total. The van der Waals surface area contributed by atoms with Gasteiger partial charge < -0.3 is 4.74 Å². The largest absolute Gasteiger partial charge is 0.382 e. The first-order valence-corrected chi connectivity index (χ1v) is 6.52. The van der Waals surface area contributed by atoms with Crippen LogP contribution in [0.5, 0.6) is 0 Å². The Morgan fingerprint density at radius 3 is 2.71 bits per heavy atom. The molecule has 0 aliphatic heterocycles. The van der Waals surface area contributed by atoms with Crippen LogP contribution in [0, 0.1) is 22.2 Å². The molecule has 3 heteroatoms. The number of Topliss-reactive ketones (excluding diaryl/α,β-unsaturated/α-hetero) is 1. The van der Waals surface area contributed by atoms with E-state index in [-0.39, 0.29) is 11.2 Å². The Hall–Kier alpha value is -0.880. The fourth-order valence-electron chi connectivity index (χ4n) is 2.73. The second-order valence-electron chi connectivity index (χ2n) is 5.56. The van der Waals surface area contributed by atoms with Gasteiger partial charge >= 0.3 is 0 Å². The van der Waals surface area contributed by atoms with Crippen molar-refractivity contribution in [2.45, 2.75) is 52.9 Å². The highest BCUT2D eigenvalue weighted by Gasteiger charge is 2.48. The molecule has 1 saturated carbocycles. The molecule has 0 heterocycles. The third kappa shape index (κ3) is 3.07. The van der Waals surface area contributed by atoms with Crippen molar-refractivity contribution in [1.82, 2.24) is 0 Å². The monoisotopic (exact) mass is 237 g/mol. The Labute approximate surface area is 104 Å². The summed E-state index contributed by atoms with van der Waals surface area (Å²) in [6.07, 6.45) is 4.04. The Morgan fingerprint density at radius 1 is 1.41 bits per heavy atom. The van der Waals surface area contributed by atoms with Crippen molar-refractivity contribution in [2.75, 3.05) is 13.2 Å². The number of rotatable bonds is 5. The number of hydrogen-bond donors (Lipinski definition) is 0. The Kier molecular flexibility index (Phi) is 4.70. The average molecular weight is 237 g/mol. The summed E-state index contributed by atoms with van der Waals surface area (Å²) in [7, 11) is 0. The molecule has 1 atom stereocenters. The molecule has 1 rings (SSSR count). The number of nitriles is 1. The lowest BCUT2D eigenvalue weighted by Gasteiger charge is -2.39. The van der Waals surface area contributed by atoms with E-state index in [1.165, 1.54) is 0 Å². The van der Waals surface area contributed by atoms with E-state index in [0.717, 1.165) is 25.7 Å². The van der Waals surface area contributed by atoms with E-state index in [0.29, 0.717) is 19.6 Å². The van der Waals surface area contributed by atoms with Crippen molar-refractivity contribution in [3.05, 3.63) is 0 Å². The van der Waals surface area contributed by atoms with E-state index >= 15 is 0 Å². The first-order chi connectivity index (χ1) is 7.98. The molecule has 0 amide bonds. The molecule has 0 aromatic heterocycles. The van der Waals surface area contributed by atoms with Crippen molar-refractivity contribution in [2.24, 2.45) is 10.8 Å². The number of carbonyl (C=O) groups is 1. The molecule has 0 aromatic carbocycles. The molecule has 0 spiro atoms. The molecular formula is C14H23NO2. The van der Waals surface area contributed by atoms with Crippen LogP contribution < -0.4 is 0 Å². The van der Waals surface area contributed by atoms with Crippen molar-refractivity contribution in [3.63, 3.8) is 0 Å². The maximum Gasteiger partial charge on any atom is 0.158 e. The van der Waals surface area contributed by atoms with E-state index in [2.05, 4.69) is 6.07 Å². The van der Waals surface area contributed by atoms with E-state index < -0.39 is 5.41 Å². The van der Waals surface area contributed by atoms with Gasteiger partial charge in [0.05, 0.1) is 6.07 Å². The Bertz CT molecular complexity index is 317. The smallest absolute Gasteiger partial charge is 0.158 e. The summed E-state index contributed by atoms with van der Waals surface area (Å²) >= 11 is 0. The standard InChI is InChI=1S/C14H23NO2/c1-4-17-10-6-9-14(11-15)8-5-7-13(2,3)12(14)16/h4-10H2,1-3H3. The van der Waals surface area contributed by atoms with Crippen LogP contribution in [0.25, 0.3) is 0 Å². The highest BCUT2D eigenvalue weighted by Crippen LogP contribution is 2.45. The van der Waals surface area contributed by atoms with Crippen molar-refractivity contribution >= 4 is 5.78 Å². The van der Waals surface area contributed by atoms with Crippen molar-refractivity contribution < 1.29 is 9.53 Å². The van der Waals surface area contributed by atoms with Crippen molar-refractivity contribution in [1.29, 1.82) is 5.26 Å². The lowest BCUT2D eigenvalue weighted by atomic mass is 9.61. The molecule has 1 aliphatic rings. The number of hydrogen-bond acceptors (Lipinski definition) is 3. The SMILES string of the molecule is CCOCCCC1(C#N)CCCC(C)(C)C1=O. The lowest BCUT2D eigenvalue weighted by molar-refractivity contribution is -0.138. The maximum atomic E-state index is 12.4. The van der Waals surface area contributed by atoms with Gasteiger partial charge in [-0.1, -0.05) is 20.3 Å². The quantitative estimate of drug-likeness (QED) is 0.690. The number of carbonyl (C=O) groups excluding carboxylic acids is 1. The van der Waals surface area contributed by atoms with Crippen LogP contribution in [0.1, 0.15) is 52.9 Å². The maximum absolute atomic E-state index is 12.4. The molecule has 0 aromatic rings. The summed E-state index contributed by atoms with van der Waals surface area (Å²) < 4.78 is 5.28. The zero-order chi connectivity index (χ0) is 12.9. The first kappa shape index (κ1) is 14.2. The molecule has 0 saturated heterocycles. The summed E-state index contributed by atoms with van der Waals surface area (Å²) in [5.74, 6) is 0.134. The number of ketones is 1. The molecule has 96 valence electrons. The van der Waals surface area contributed by atoms with Crippen LogP contribution in [0.4, 0.5) is 0 Å². The van der Waals surface area contributed by atoms with Crippen LogP contribution >= 0.6 is 0 Å². The predicted octanol–water partition coefficient (Wildman–Crippen LogP) is 3.09. The number of nitrogens with zero attached hydrogens (tertiary/aromatic N) is 1. The third-order valence-corrected chi connectivity index (χ3v) is 3.77. The minimum atomic E-state index is -0.751. The topological polar surface area (TPSA) is 50.1 Å². The van der Waals surface area contributed by atoms with Gasteiger partial charge in [-0.2, -0.15) is 5.26 Å². The zero-order valence-corrected chi connectivity index (χ0v) is 11.2. The van der Waals surface area contributed by atoms with Crippen LogP contribution in [0.2, 0.25) is 0 Å². The van der Waals surface area contributed by atoms with Crippen molar-refractivity contribution in [3.8, 4) is 6.07 Å². The predicted molar refractivity (Wildman–Crippen MR) is 66.4 cm³/mol. The summed E-state index contributed by atoms with van der Waals surface area (Å²) in [4.78, 5) is 12.4. The van der Waals surface area contributed by atoms with Crippen LogP contribution in [-0.4, -0.2) is 19.0 Å². The van der Waals surface area contributed by atoms with Gasteiger partial charge in [0.15, 0.2) is 5.78 Å². The van der Waals surface area contributed by atoms with Crippen LogP contribution in [0.3, 0.4) is 0 Å². The van der Waals surface area contributed by atoms with Crippen LogP contribution in [-0.2, 0) is 9.53 Å². The van der Waals surface area contributed by atoms with Gasteiger partial charge in [0, 0.05) is 18.6 Å². The first-order valence-electron chi connectivity index (χ1n) is 6.52. The molecule has 0 radical (unpaired) electrons. The molecule has 1 fully saturated rings. The van der Waals surface area contributed by atoms with Gasteiger partial charge in [-0.25, -0.2) is 0 Å². The summed E-state index contributed by atoms with van der Waals surface area (Å²) in [5, 5.41) is 9.39. The van der Waals surface area contributed by atoms with Gasteiger partial charge in [-0.05, 0) is 32.6 Å². The molecule has 0 N–H and O–H groups in total. The highest BCUT2D eigenvalue weighted by molar-refractivity contribution is 5.92. The summed E-state index contributed by atoms with van der Waals surface area (Å²) in [5.41, 5.74) is -1.08. The lowest BCUT2D eigenvalue weighted by Crippen LogP contribution is -2.43. The minimum Gasteiger partial charge on any atom is -0.382 e. The summed E-state index contributed by atoms with van der Waals surface area (Å²) in [6.45, 7) is 7.22. The molecule has 0 bridgehead atoms. The van der Waals surface area contributed by atoms with E-state index in [1.54, 1.807) is 0 Å². The van der Waals surface area contributed by atoms with Gasteiger partial charge in [0.1, 0.15) is 5.41 Å². The fourth-order valence-corrected chi connectivity index (χ4v) is 2.73. The zero-order valence-electron chi connectivity index (χ0n) is 11.2. The van der Waals surface area contributed by atoms with E-state index in [1.807, 2.05) is 20.8 Å². The highest BCUT2D eigenvalue weighted by atomic mass is 16.5. The number of ether oxygens (including phenoxy) is 1. The van der Waals surface area contributed by atoms with E-state index in [9.17, 15) is 10.1 Å². The molecule has 17 heavy (non-hydrogen) atoms. The molecular weight excluding hydrogens is 214 g/mol. The van der Waals surface area contributed by atoms with Crippen LogP contribution in [0.15, 0.2) is 0 Å². The third-order valence-electron chi connectivity index (χ3n) is 3.77. The van der Waals surface area contributed by atoms with Gasteiger partial charge in [-0.15, -0.1) is 0 Å². The second kappa shape index (κ2) is 5.64. The van der Waals surface area contributed by atoms with Gasteiger partial charge in [0.25, 0.3) is 0 Å². The van der Waals surface area contributed by atoms with Gasteiger partial charge in [-0.3, -0.25) is 4.79 Å². The molecule has 1 unspecified atom stereocenters. The average Bonchev–Trinajstić information content (AvgIpc) is 2.30. The van der Waals surface area contributed by atoms with Gasteiger partial charge in [0.2, 0.25) is 0 Å². The Morgan fingerprint density at radius 2 is 2.12 bits per heavy atom. The fraction of sp³-hybridized carbons (Fsp3) is 0.857.